The van der Waals surface area contributed by atoms with Crippen molar-refractivity contribution in [3.05, 3.63) is 10.5 Å². The molecule has 0 saturated carbocycles. The molecule has 2 N–H and O–H groups in total. The summed E-state index contributed by atoms with van der Waals surface area (Å²) in [6.45, 7) is 5.29. The third-order valence-corrected chi connectivity index (χ3v) is 3.75. The summed E-state index contributed by atoms with van der Waals surface area (Å²) in [5.41, 5.74) is -0.189. The van der Waals surface area contributed by atoms with Crippen LogP contribution in [0.25, 0.3) is 0 Å². The number of rotatable bonds is 9. The minimum Gasteiger partial charge on any atom is -0.468 e. The van der Waals surface area contributed by atoms with Gasteiger partial charge in [0, 0.05) is 12.3 Å². The Hall–Kier alpha value is -1.28. The summed E-state index contributed by atoms with van der Waals surface area (Å²) in [6, 6.07) is -0.317. The van der Waals surface area contributed by atoms with E-state index in [9.17, 15) is 9.59 Å². The maximum absolute atomic E-state index is 11.5. The van der Waals surface area contributed by atoms with Crippen LogP contribution in [0.2, 0.25) is 0 Å². The van der Waals surface area contributed by atoms with Crippen LogP contribution < -0.4 is 11.0 Å². The molecule has 0 aromatic carbocycles. The zero-order valence-electron chi connectivity index (χ0n) is 12.1. The summed E-state index contributed by atoms with van der Waals surface area (Å²) in [6.07, 6.45) is 1.49. The molecule has 20 heavy (non-hydrogen) atoms. The van der Waals surface area contributed by atoms with E-state index in [1.54, 1.807) is 4.57 Å². The van der Waals surface area contributed by atoms with E-state index in [0.717, 1.165) is 6.42 Å². The van der Waals surface area contributed by atoms with Gasteiger partial charge in [-0.25, -0.2) is 9.89 Å². The molecule has 0 saturated heterocycles. The molecule has 0 spiro atoms. The summed E-state index contributed by atoms with van der Waals surface area (Å²) in [5, 5.41) is 10.2. The van der Waals surface area contributed by atoms with Crippen molar-refractivity contribution >= 4 is 17.7 Å². The number of thioether (sulfide) groups is 1. The number of aromatic amines is 1. The van der Waals surface area contributed by atoms with Gasteiger partial charge in [0.2, 0.25) is 0 Å². The Morgan fingerprint density at radius 3 is 2.90 bits per heavy atom. The Labute approximate surface area is 122 Å². The minimum atomic E-state index is -0.317. The van der Waals surface area contributed by atoms with Crippen molar-refractivity contribution in [1.29, 1.82) is 0 Å². The predicted molar refractivity (Wildman–Crippen MR) is 78.0 cm³/mol. The van der Waals surface area contributed by atoms with Gasteiger partial charge in [0.05, 0.1) is 7.11 Å². The van der Waals surface area contributed by atoms with Crippen LogP contribution in [0, 0.1) is 0 Å². The second-order valence-corrected chi connectivity index (χ2v) is 5.30. The van der Waals surface area contributed by atoms with Crippen molar-refractivity contribution in [2.45, 2.75) is 44.4 Å². The van der Waals surface area contributed by atoms with Crippen LogP contribution in [0.15, 0.2) is 9.95 Å². The van der Waals surface area contributed by atoms with Crippen molar-refractivity contribution in [2.75, 3.05) is 19.4 Å². The molecule has 1 rings (SSSR count). The number of carbonyl (C=O) groups is 1. The number of methoxy groups -OCH3 is 1. The average Bonchev–Trinajstić information content (AvgIpc) is 2.79. The van der Waals surface area contributed by atoms with E-state index in [2.05, 4.69) is 15.5 Å². The fraction of sp³-hybridized carbons (Fsp3) is 0.750. The number of hydrogen-bond acceptors (Lipinski definition) is 6. The lowest BCUT2D eigenvalue weighted by Crippen LogP contribution is -2.37. The van der Waals surface area contributed by atoms with Gasteiger partial charge >= 0.3 is 11.7 Å². The highest BCUT2D eigenvalue weighted by Gasteiger charge is 2.18. The van der Waals surface area contributed by atoms with E-state index in [0.29, 0.717) is 30.4 Å². The first-order valence-electron chi connectivity index (χ1n) is 6.73. The van der Waals surface area contributed by atoms with Gasteiger partial charge in [0.1, 0.15) is 6.04 Å². The average molecular weight is 302 g/mol. The number of aromatic nitrogens is 3. The molecule has 0 radical (unpaired) electrons. The van der Waals surface area contributed by atoms with Gasteiger partial charge in [-0.15, -0.1) is 5.10 Å². The Morgan fingerprint density at radius 1 is 1.55 bits per heavy atom. The lowest BCUT2D eigenvalue weighted by molar-refractivity contribution is -0.143. The van der Waals surface area contributed by atoms with E-state index < -0.39 is 0 Å². The molecule has 0 bridgehead atoms. The third kappa shape index (κ3) is 4.68. The molecule has 1 aromatic heterocycles. The number of ether oxygens (including phenoxy) is 1. The highest BCUT2D eigenvalue weighted by molar-refractivity contribution is 7.99. The van der Waals surface area contributed by atoms with Gasteiger partial charge in [-0.3, -0.25) is 9.36 Å². The second kappa shape index (κ2) is 8.80. The van der Waals surface area contributed by atoms with Gasteiger partial charge in [0.15, 0.2) is 5.16 Å². The van der Waals surface area contributed by atoms with Crippen LogP contribution in [0.1, 0.15) is 26.7 Å². The molecule has 8 heteroatoms. The molecular formula is C12H22N4O3S. The molecule has 0 aliphatic carbocycles. The first-order valence-corrected chi connectivity index (χ1v) is 7.71. The lowest BCUT2D eigenvalue weighted by atomic mass is 10.2. The Morgan fingerprint density at radius 2 is 2.30 bits per heavy atom. The normalized spacial score (nSPS) is 12.3. The molecule has 1 unspecified atom stereocenters. The number of carbonyl (C=O) groups excluding carboxylic acids is 1. The van der Waals surface area contributed by atoms with Gasteiger partial charge < -0.3 is 10.1 Å². The van der Waals surface area contributed by atoms with Gasteiger partial charge in [-0.1, -0.05) is 25.6 Å². The molecule has 114 valence electrons. The summed E-state index contributed by atoms with van der Waals surface area (Å²) >= 11 is 1.46. The fourth-order valence-corrected chi connectivity index (χ4v) is 2.77. The van der Waals surface area contributed by atoms with E-state index in [1.807, 2.05) is 13.8 Å². The summed E-state index contributed by atoms with van der Waals surface area (Å²) in [4.78, 5) is 23.1. The van der Waals surface area contributed by atoms with Crippen molar-refractivity contribution < 1.29 is 9.53 Å². The molecule has 0 aliphatic heterocycles. The molecule has 0 fully saturated rings. The van der Waals surface area contributed by atoms with Gasteiger partial charge in [-0.2, -0.15) is 0 Å². The maximum atomic E-state index is 11.5. The summed E-state index contributed by atoms with van der Waals surface area (Å²) in [5.74, 6) is 0.418. The van der Waals surface area contributed by atoms with E-state index >= 15 is 0 Å². The first-order chi connectivity index (χ1) is 9.63. The molecular weight excluding hydrogens is 280 g/mol. The van der Waals surface area contributed by atoms with Gasteiger partial charge in [-0.05, 0) is 19.4 Å². The van der Waals surface area contributed by atoms with Crippen LogP contribution in [0.4, 0.5) is 0 Å². The number of likely N-dealkylation sites (N-methyl/N-ethyl adjacent to an activating group) is 1. The van der Waals surface area contributed by atoms with Crippen molar-refractivity contribution in [3.8, 4) is 0 Å². The first kappa shape index (κ1) is 16.8. The molecule has 1 atom stereocenters. The molecule has 7 nitrogen and oxygen atoms in total. The molecule has 1 heterocycles. The van der Waals surface area contributed by atoms with Crippen LogP contribution in [0.3, 0.4) is 0 Å². The highest BCUT2D eigenvalue weighted by Crippen LogP contribution is 2.15. The van der Waals surface area contributed by atoms with E-state index in [-0.39, 0.29) is 17.7 Å². The predicted octanol–water partition coefficient (Wildman–Crippen LogP) is 0.615. The summed E-state index contributed by atoms with van der Waals surface area (Å²) in [7, 11) is 1.38. The minimum absolute atomic E-state index is 0.189. The van der Waals surface area contributed by atoms with Crippen molar-refractivity contribution in [2.24, 2.45) is 0 Å². The van der Waals surface area contributed by atoms with E-state index in [4.69, 9.17) is 4.74 Å². The summed E-state index contributed by atoms with van der Waals surface area (Å²) < 4.78 is 6.36. The number of hydrogen-bond donors (Lipinski definition) is 2. The van der Waals surface area contributed by atoms with E-state index in [1.165, 1.54) is 18.9 Å². The van der Waals surface area contributed by atoms with Crippen molar-refractivity contribution in [3.63, 3.8) is 0 Å². The largest absolute Gasteiger partial charge is 0.468 e. The number of esters is 1. The van der Waals surface area contributed by atoms with Crippen molar-refractivity contribution in [1.82, 2.24) is 20.1 Å². The van der Waals surface area contributed by atoms with Crippen LogP contribution in [-0.2, 0) is 16.1 Å². The number of nitrogens with one attached hydrogen (secondary N) is 2. The SMILES string of the molecule is CCCn1c(SCCC(NCC)C(=O)OC)n[nH]c1=O. The standard InChI is InChI=1S/C12H22N4O3S/c1-4-7-16-11(18)14-15-12(16)20-8-6-9(13-5-2)10(17)19-3/h9,13H,4-8H2,1-3H3,(H,14,18). The topological polar surface area (TPSA) is 89.0 Å². The number of nitrogens with zero attached hydrogens (tertiary/aromatic N) is 2. The van der Waals surface area contributed by atoms with Crippen LogP contribution in [0.5, 0.6) is 0 Å². The Bertz CT molecular complexity index is 472. The highest BCUT2D eigenvalue weighted by atomic mass is 32.2. The quantitative estimate of drug-likeness (QED) is 0.513. The molecule has 0 aliphatic rings. The lowest BCUT2D eigenvalue weighted by Gasteiger charge is -2.14. The Balaban J connectivity index is 2.54. The molecule has 0 amide bonds. The Kier molecular flexibility index (Phi) is 7.38. The van der Waals surface area contributed by atoms with Gasteiger partial charge in [0.25, 0.3) is 0 Å². The van der Waals surface area contributed by atoms with Crippen LogP contribution >= 0.6 is 11.8 Å². The second-order valence-electron chi connectivity index (χ2n) is 4.23. The maximum Gasteiger partial charge on any atom is 0.343 e. The smallest absolute Gasteiger partial charge is 0.343 e. The third-order valence-electron chi connectivity index (χ3n) is 2.74. The zero-order valence-corrected chi connectivity index (χ0v) is 13.0. The number of H-pyrrole nitrogens is 1. The molecule has 1 aromatic rings. The van der Waals surface area contributed by atoms with Crippen LogP contribution in [-0.4, -0.2) is 46.2 Å². The monoisotopic (exact) mass is 302 g/mol. The zero-order chi connectivity index (χ0) is 15.0. The fourth-order valence-electron chi connectivity index (χ4n) is 1.79.